The van der Waals surface area contributed by atoms with Crippen molar-refractivity contribution in [2.24, 2.45) is 5.92 Å². The Bertz CT molecular complexity index is 112. The van der Waals surface area contributed by atoms with Gasteiger partial charge in [-0.1, -0.05) is 20.3 Å². The van der Waals surface area contributed by atoms with Crippen molar-refractivity contribution in [2.45, 2.75) is 46.3 Å². The Morgan fingerprint density at radius 2 is 2.00 bits per heavy atom. The molecule has 0 aliphatic rings. The molecule has 2 heteroatoms. The van der Waals surface area contributed by atoms with Crippen LogP contribution in [0.3, 0.4) is 0 Å². The van der Waals surface area contributed by atoms with Crippen molar-refractivity contribution in [2.75, 3.05) is 13.7 Å². The fourth-order valence-electron chi connectivity index (χ4n) is 0.792. The van der Waals surface area contributed by atoms with Crippen LogP contribution in [-0.2, 0) is 4.74 Å². The summed E-state index contributed by atoms with van der Waals surface area (Å²) in [7, 11) is 1.92. The van der Waals surface area contributed by atoms with Gasteiger partial charge in [0.05, 0.1) is 0 Å². The Morgan fingerprint density at radius 3 is 2.42 bits per heavy atom. The molecule has 0 spiro atoms. The summed E-state index contributed by atoms with van der Waals surface area (Å²) in [5.74, 6) is 0.776. The predicted octanol–water partition coefficient (Wildman–Crippen LogP) is 2.39. The van der Waals surface area contributed by atoms with Crippen molar-refractivity contribution < 1.29 is 4.74 Å². The van der Waals surface area contributed by atoms with Gasteiger partial charge in [-0.3, -0.25) is 5.32 Å². The second-order valence-corrected chi connectivity index (χ2v) is 3.91. The quantitative estimate of drug-likeness (QED) is 0.623. The highest BCUT2D eigenvalue weighted by Gasteiger charge is 2.14. The molecule has 0 saturated heterocycles. The highest BCUT2D eigenvalue weighted by atomic mass is 16.5. The Balaban J connectivity index is 3.42. The first-order chi connectivity index (χ1) is 5.52. The van der Waals surface area contributed by atoms with Crippen LogP contribution in [0.4, 0.5) is 0 Å². The zero-order chi connectivity index (χ0) is 9.61. The lowest BCUT2D eigenvalue weighted by Crippen LogP contribution is -2.39. The summed E-state index contributed by atoms with van der Waals surface area (Å²) >= 11 is 0. The summed E-state index contributed by atoms with van der Waals surface area (Å²) in [6.07, 6.45) is 2.39. The molecular weight excluding hydrogens is 150 g/mol. The molecule has 0 aliphatic heterocycles. The van der Waals surface area contributed by atoms with Gasteiger partial charge in [-0.2, -0.15) is 0 Å². The van der Waals surface area contributed by atoms with Gasteiger partial charge in [0.25, 0.3) is 0 Å². The molecule has 1 atom stereocenters. The van der Waals surface area contributed by atoms with Crippen LogP contribution in [0.5, 0.6) is 0 Å². The molecule has 0 rings (SSSR count). The van der Waals surface area contributed by atoms with Crippen molar-refractivity contribution in [1.29, 1.82) is 0 Å². The fraction of sp³-hybridized carbons (Fsp3) is 1.00. The second kappa shape index (κ2) is 5.55. The van der Waals surface area contributed by atoms with Gasteiger partial charge in [0, 0.05) is 6.61 Å². The van der Waals surface area contributed by atoms with E-state index < -0.39 is 0 Å². The van der Waals surface area contributed by atoms with Gasteiger partial charge >= 0.3 is 0 Å². The molecule has 0 fully saturated rings. The number of rotatable bonds is 6. The Kier molecular flexibility index (Phi) is 5.51. The second-order valence-electron chi connectivity index (χ2n) is 3.91. The third kappa shape index (κ3) is 5.56. The van der Waals surface area contributed by atoms with E-state index in [0.29, 0.717) is 0 Å². The Morgan fingerprint density at radius 1 is 1.42 bits per heavy atom. The van der Waals surface area contributed by atoms with Crippen molar-refractivity contribution in [1.82, 2.24) is 5.32 Å². The van der Waals surface area contributed by atoms with Gasteiger partial charge in [0.15, 0.2) is 0 Å². The van der Waals surface area contributed by atoms with E-state index in [0.717, 1.165) is 18.9 Å². The third-order valence-corrected chi connectivity index (χ3v) is 2.37. The highest BCUT2D eigenvalue weighted by molar-refractivity contribution is 4.61. The van der Waals surface area contributed by atoms with Crippen molar-refractivity contribution in [3.63, 3.8) is 0 Å². The van der Waals surface area contributed by atoms with Crippen molar-refractivity contribution in [3.8, 4) is 0 Å². The molecule has 0 heterocycles. The fourth-order valence-corrected chi connectivity index (χ4v) is 0.792. The van der Waals surface area contributed by atoms with Crippen LogP contribution < -0.4 is 5.32 Å². The van der Waals surface area contributed by atoms with E-state index in [4.69, 9.17) is 4.74 Å². The van der Waals surface area contributed by atoms with Crippen LogP contribution in [0.15, 0.2) is 0 Å². The zero-order valence-corrected chi connectivity index (χ0v) is 9.11. The van der Waals surface area contributed by atoms with E-state index in [9.17, 15) is 0 Å². The van der Waals surface area contributed by atoms with E-state index in [2.05, 4.69) is 19.2 Å². The van der Waals surface area contributed by atoms with Gasteiger partial charge in [0.1, 0.15) is 5.72 Å². The number of hydrogen-bond acceptors (Lipinski definition) is 2. The average molecular weight is 173 g/mol. The minimum absolute atomic E-state index is 0.173. The van der Waals surface area contributed by atoms with Gasteiger partial charge in [-0.25, -0.2) is 0 Å². The summed E-state index contributed by atoms with van der Waals surface area (Å²) in [4.78, 5) is 0. The SMILES string of the molecule is CCC(C)CCOC(C)(C)NC. The molecule has 0 bridgehead atoms. The molecule has 12 heavy (non-hydrogen) atoms. The third-order valence-electron chi connectivity index (χ3n) is 2.37. The largest absolute Gasteiger partial charge is 0.361 e. The van der Waals surface area contributed by atoms with E-state index in [-0.39, 0.29) is 5.72 Å². The first-order valence-corrected chi connectivity index (χ1v) is 4.84. The summed E-state index contributed by atoms with van der Waals surface area (Å²) in [5, 5.41) is 3.11. The molecule has 0 saturated carbocycles. The molecule has 0 radical (unpaired) electrons. The number of nitrogens with one attached hydrogen (secondary N) is 1. The van der Waals surface area contributed by atoms with Gasteiger partial charge in [0.2, 0.25) is 0 Å². The van der Waals surface area contributed by atoms with Gasteiger partial charge in [-0.15, -0.1) is 0 Å². The molecule has 0 aromatic heterocycles. The van der Waals surface area contributed by atoms with Crippen LogP contribution >= 0.6 is 0 Å². The minimum Gasteiger partial charge on any atom is -0.361 e. The normalized spacial score (nSPS) is 14.8. The number of ether oxygens (including phenoxy) is 1. The lowest BCUT2D eigenvalue weighted by molar-refractivity contribution is -0.0420. The van der Waals surface area contributed by atoms with E-state index in [1.165, 1.54) is 6.42 Å². The van der Waals surface area contributed by atoms with Gasteiger partial charge < -0.3 is 4.74 Å². The molecule has 74 valence electrons. The monoisotopic (exact) mass is 173 g/mol. The van der Waals surface area contributed by atoms with Crippen LogP contribution in [0.1, 0.15) is 40.5 Å². The summed E-state index contributed by atoms with van der Waals surface area (Å²) < 4.78 is 5.64. The highest BCUT2D eigenvalue weighted by Crippen LogP contribution is 2.09. The average Bonchev–Trinajstić information content (AvgIpc) is 2.04. The minimum atomic E-state index is -0.173. The number of hydrogen-bond donors (Lipinski definition) is 1. The molecule has 0 aliphatic carbocycles. The lowest BCUT2D eigenvalue weighted by atomic mass is 10.1. The van der Waals surface area contributed by atoms with Crippen molar-refractivity contribution >= 4 is 0 Å². The Labute approximate surface area is 76.7 Å². The molecular formula is C10H23NO. The zero-order valence-electron chi connectivity index (χ0n) is 9.11. The topological polar surface area (TPSA) is 21.3 Å². The standard InChI is InChI=1S/C10H23NO/c1-6-9(2)7-8-12-10(3,4)11-5/h9,11H,6-8H2,1-5H3. The first-order valence-electron chi connectivity index (χ1n) is 4.84. The molecule has 0 aromatic rings. The smallest absolute Gasteiger partial charge is 0.113 e. The van der Waals surface area contributed by atoms with Gasteiger partial charge in [-0.05, 0) is 33.2 Å². The molecule has 2 nitrogen and oxygen atoms in total. The summed E-state index contributed by atoms with van der Waals surface area (Å²) in [6, 6.07) is 0. The predicted molar refractivity (Wildman–Crippen MR) is 53.2 cm³/mol. The summed E-state index contributed by atoms with van der Waals surface area (Å²) in [6.45, 7) is 9.42. The van der Waals surface area contributed by atoms with E-state index >= 15 is 0 Å². The van der Waals surface area contributed by atoms with Crippen LogP contribution in [-0.4, -0.2) is 19.4 Å². The summed E-state index contributed by atoms with van der Waals surface area (Å²) in [5.41, 5.74) is -0.173. The Hall–Kier alpha value is -0.0800. The van der Waals surface area contributed by atoms with Crippen LogP contribution in [0, 0.1) is 5.92 Å². The maximum Gasteiger partial charge on any atom is 0.113 e. The maximum atomic E-state index is 5.64. The molecule has 1 N–H and O–H groups in total. The first kappa shape index (κ1) is 11.9. The lowest BCUT2D eigenvalue weighted by Gasteiger charge is -2.25. The molecule has 0 aromatic carbocycles. The molecule has 1 unspecified atom stereocenters. The molecule has 0 amide bonds. The van der Waals surface area contributed by atoms with Crippen LogP contribution in [0.25, 0.3) is 0 Å². The maximum absolute atomic E-state index is 5.64. The van der Waals surface area contributed by atoms with Crippen molar-refractivity contribution in [3.05, 3.63) is 0 Å². The van der Waals surface area contributed by atoms with Crippen LogP contribution in [0.2, 0.25) is 0 Å². The van der Waals surface area contributed by atoms with E-state index in [1.807, 2.05) is 20.9 Å². The van der Waals surface area contributed by atoms with E-state index in [1.54, 1.807) is 0 Å².